The van der Waals surface area contributed by atoms with Gasteiger partial charge in [-0.05, 0) is 24.3 Å². The summed E-state index contributed by atoms with van der Waals surface area (Å²) in [5.41, 5.74) is 6.67. The summed E-state index contributed by atoms with van der Waals surface area (Å²) in [5.74, 6) is -4.16. The predicted molar refractivity (Wildman–Crippen MR) is 156 cm³/mol. The van der Waals surface area contributed by atoms with Gasteiger partial charge < -0.3 is 15.7 Å². The van der Waals surface area contributed by atoms with Gasteiger partial charge in [0, 0.05) is 31.6 Å². The highest BCUT2D eigenvalue weighted by Gasteiger charge is 2.41. The number of carboxylic acids is 1. The second-order valence-corrected chi connectivity index (χ2v) is 12.6. The van der Waals surface area contributed by atoms with Gasteiger partial charge in [0.15, 0.2) is 5.13 Å². The van der Waals surface area contributed by atoms with Gasteiger partial charge in [0.1, 0.15) is 16.3 Å². The molecule has 3 heterocycles. The van der Waals surface area contributed by atoms with E-state index in [1.165, 1.54) is 25.3 Å². The Morgan fingerprint density at radius 2 is 1.69 bits per heavy atom. The lowest BCUT2D eigenvalue weighted by molar-refractivity contribution is -0.141. The second kappa shape index (κ2) is 13.2. The van der Waals surface area contributed by atoms with Gasteiger partial charge in [0.25, 0.3) is 11.5 Å². The first-order valence-corrected chi connectivity index (χ1v) is 15.5. The zero-order valence-corrected chi connectivity index (χ0v) is 25.0. The van der Waals surface area contributed by atoms with Crippen LogP contribution >= 0.6 is 11.3 Å². The lowest BCUT2D eigenvalue weighted by Gasteiger charge is -2.38. The normalized spacial score (nSPS) is 16.3. The topological polar surface area (TPSA) is 160 Å². The van der Waals surface area contributed by atoms with E-state index < -0.39 is 50.2 Å². The van der Waals surface area contributed by atoms with Gasteiger partial charge in [0.05, 0.1) is 16.7 Å². The van der Waals surface area contributed by atoms with Gasteiger partial charge in [-0.15, -0.1) is 6.54 Å². The fraction of sp³-hybridized carbons (Fsp3) is 0.333. The Balaban J connectivity index is 0.000000297. The highest BCUT2D eigenvalue weighted by Crippen LogP contribution is 2.33. The first-order valence-electron chi connectivity index (χ1n) is 13.2. The third-order valence-corrected chi connectivity index (χ3v) is 9.95. The molecule has 1 atom stereocenters. The van der Waals surface area contributed by atoms with Crippen molar-refractivity contribution in [3.63, 3.8) is 0 Å². The number of nitrogens with one attached hydrogen (secondary N) is 2. The van der Waals surface area contributed by atoms with E-state index in [0.717, 1.165) is 33.3 Å². The molecule has 45 heavy (non-hydrogen) atoms. The molecule has 0 amide bonds. The van der Waals surface area contributed by atoms with Crippen LogP contribution in [0.3, 0.4) is 0 Å². The van der Waals surface area contributed by atoms with E-state index in [1.54, 1.807) is 17.0 Å². The van der Waals surface area contributed by atoms with E-state index in [0.29, 0.717) is 27.5 Å². The second-order valence-electron chi connectivity index (χ2n) is 9.78. The van der Waals surface area contributed by atoms with E-state index in [2.05, 4.69) is 15.2 Å². The Kier molecular flexibility index (Phi) is 9.91. The van der Waals surface area contributed by atoms with Crippen LogP contribution in [0.15, 0.2) is 64.4 Å². The molecular weight excluding hydrogens is 647 g/mol. The average molecular weight is 674 g/mol. The molecule has 0 saturated carbocycles. The molecule has 0 aliphatic carbocycles. The molecule has 2 aromatic carbocycles. The molecule has 3 N–H and O–H groups in total. The Morgan fingerprint density at radius 3 is 2.22 bits per heavy atom. The van der Waals surface area contributed by atoms with E-state index in [-0.39, 0.29) is 38.2 Å². The van der Waals surface area contributed by atoms with Crippen LogP contribution in [0.5, 0.6) is 0 Å². The number of benzene rings is 2. The average Bonchev–Trinajstić information content (AvgIpc) is 3.47. The number of carbonyl (C=O) groups is 1. The van der Waals surface area contributed by atoms with Crippen LogP contribution in [-0.2, 0) is 33.5 Å². The molecule has 18 heteroatoms. The molecule has 1 saturated heterocycles. The summed E-state index contributed by atoms with van der Waals surface area (Å²) in [6.07, 6.45) is -3.48. The lowest BCUT2D eigenvalue weighted by atomic mass is 10.0. The molecule has 2 aromatic heterocycles. The number of fused-ring (bicyclic) bond motifs is 1. The summed E-state index contributed by atoms with van der Waals surface area (Å²) in [6, 6.07) is 7.29. The number of aromatic amines is 1. The maximum Gasteiger partial charge on any atom is 0.416 e. The summed E-state index contributed by atoms with van der Waals surface area (Å²) >= 11 is 1.02. The van der Waals surface area contributed by atoms with Gasteiger partial charge in [0.2, 0.25) is 10.0 Å². The van der Waals surface area contributed by atoms with Crippen molar-refractivity contribution < 1.29 is 40.3 Å². The number of H-pyrrole nitrogens is 1. The number of sulfonamides is 1. The van der Waals surface area contributed by atoms with Crippen LogP contribution in [-0.4, -0.2) is 64.7 Å². The number of thiazole rings is 1. The van der Waals surface area contributed by atoms with E-state index in [1.807, 2.05) is 0 Å². The molecular formula is C27H26F5N6O5S2-. The van der Waals surface area contributed by atoms with Crippen LogP contribution < -0.4 is 10.5 Å². The van der Waals surface area contributed by atoms with Gasteiger partial charge >= 0.3 is 12.1 Å². The Bertz CT molecular complexity index is 1810. The summed E-state index contributed by atoms with van der Waals surface area (Å²) < 4.78 is 91.5. The lowest BCUT2D eigenvalue weighted by Crippen LogP contribution is -2.58. The molecule has 1 fully saturated rings. The molecule has 0 radical (unpaired) electrons. The number of alkyl halides is 5. The van der Waals surface area contributed by atoms with Crippen molar-refractivity contribution in [1.82, 2.24) is 19.5 Å². The maximum atomic E-state index is 13.1. The number of aliphatic carboxylic acids is 1. The van der Waals surface area contributed by atoms with Crippen LogP contribution in [0.4, 0.5) is 27.1 Å². The number of rotatable bonds is 7. The fourth-order valence-electron chi connectivity index (χ4n) is 4.36. The number of hydrogen-bond acceptors (Lipinski definition) is 8. The SMILES string of the molecule is CCC(F)(F)c1ccc(C[NH-])cc1.O=C(O)[C@H]1CN(c2nc3cn[nH]c(=O)c3s2)CCN1S(=O)(=O)c1ccc(C(F)(F)F)cc1. The summed E-state index contributed by atoms with van der Waals surface area (Å²) in [6.45, 7) is 1.15. The van der Waals surface area contributed by atoms with Crippen LogP contribution in [0, 0.1) is 0 Å². The third-order valence-electron chi connectivity index (χ3n) is 6.90. The first-order chi connectivity index (χ1) is 21.1. The van der Waals surface area contributed by atoms with Crippen molar-refractivity contribution in [1.29, 1.82) is 0 Å². The number of carboxylic acid groups (broad SMARTS) is 1. The first kappa shape index (κ1) is 33.9. The van der Waals surface area contributed by atoms with Gasteiger partial charge in [-0.1, -0.05) is 48.1 Å². The highest BCUT2D eigenvalue weighted by molar-refractivity contribution is 7.89. The molecule has 0 unspecified atom stereocenters. The van der Waals surface area contributed by atoms with Crippen molar-refractivity contribution in [2.24, 2.45) is 0 Å². The molecule has 4 aromatic rings. The van der Waals surface area contributed by atoms with Gasteiger partial charge in [-0.25, -0.2) is 27.3 Å². The molecule has 5 rings (SSSR count). The number of piperazine rings is 1. The van der Waals surface area contributed by atoms with Crippen LogP contribution in [0.2, 0.25) is 0 Å². The smallest absolute Gasteiger partial charge is 0.416 e. The van der Waals surface area contributed by atoms with Crippen LogP contribution in [0.1, 0.15) is 30.0 Å². The van der Waals surface area contributed by atoms with E-state index in [4.69, 9.17) is 5.73 Å². The predicted octanol–water partition coefficient (Wildman–Crippen LogP) is 5.10. The molecule has 1 aliphatic heterocycles. The van der Waals surface area contributed by atoms with Gasteiger partial charge in [-0.3, -0.25) is 9.59 Å². The zero-order chi connectivity index (χ0) is 33.2. The molecule has 0 bridgehead atoms. The Labute approximate surface area is 257 Å². The number of halogens is 5. The monoisotopic (exact) mass is 673 g/mol. The fourth-order valence-corrected chi connectivity index (χ4v) is 6.89. The molecule has 11 nitrogen and oxygen atoms in total. The molecule has 0 spiro atoms. The minimum Gasteiger partial charge on any atom is -0.674 e. The van der Waals surface area contributed by atoms with Crippen LogP contribution in [0.25, 0.3) is 16.0 Å². The van der Waals surface area contributed by atoms with Crippen molar-refractivity contribution in [2.45, 2.75) is 42.9 Å². The standard InChI is InChI=1S/C17H14F3N5O5S2.C10H12F2N/c18-17(19,20)9-1-3-10(4-2-9)32(29,30)25-6-5-24(8-12(25)15(27)28)16-22-11-7-21-23-14(26)13(11)31-16;1-2-10(11,12)9-5-3-8(7-13)4-6-9/h1-4,7,12H,5-6,8H2,(H,23,26)(H,27,28);3-6,13H,2,7H2,1H3/q;-1/t12-;/m1./s1. The summed E-state index contributed by atoms with van der Waals surface area (Å²) in [7, 11) is -4.38. The summed E-state index contributed by atoms with van der Waals surface area (Å²) in [5, 5.41) is 15.9. The van der Waals surface area contributed by atoms with Crippen molar-refractivity contribution >= 4 is 42.7 Å². The third kappa shape index (κ3) is 7.46. The minimum absolute atomic E-state index is 0.0344. The highest BCUT2D eigenvalue weighted by atomic mass is 32.2. The number of hydrogen-bond donors (Lipinski definition) is 2. The Morgan fingerprint density at radius 1 is 1.07 bits per heavy atom. The Hall–Kier alpha value is -4.00. The number of aromatic nitrogens is 3. The van der Waals surface area contributed by atoms with E-state index in [9.17, 15) is 45.1 Å². The maximum absolute atomic E-state index is 13.1. The molecule has 242 valence electrons. The quantitative estimate of drug-likeness (QED) is 0.256. The van der Waals surface area contributed by atoms with Crippen molar-refractivity contribution in [2.75, 3.05) is 24.5 Å². The van der Waals surface area contributed by atoms with Crippen molar-refractivity contribution in [3.05, 3.63) is 87.5 Å². The number of nitrogens with zero attached hydrogens (tertiary/aromatic N) is 4. The summed E-state index contributed by atoms with van der Waals surface area (Å²) in [4.78, 5) is 29.1. The largest absolute Gasteiger partial charge is 0.674 e. The number of anilines is 1. The molecule has 1 aliphatic rings. The van der Waals surface area contributed by atoms with Crippen molar-refractivity contribution in [3.8, 4) is 0 Å². The minimum atomic E-state index is -4.63. The van der Waals surface area contributed by atoms with E-state index >= 15 is 0 Å². The van der Waals surface area contributed by atoms with Gasteiger partial charge in [-0.2, -0.15) is 22.6 Å². The zero-order valence-electron chi connectivity index (χ0n) is 23.4.